The molecule has 1 saturated heterocycles. The first-order valence-corrected chi connectivity index (χ1v) is 7.09. The third-order valence-corrected chi connectivity index (χ3v) is 3.74. The highest BCUT2D eigenvalue weighted by atomic mass is 32.2. The third kappa shape index (κ3) is 2.61. The Morgan fingerprint density at radius 1 is 1.31 bits per heavy atom. The molecule has 1 atom stereocenters. The molecule has 88 valence electrons. The van der Waals surface area contributed by atoms with Crippen molar-refractivity contribution in [2.45, 2.75) is 11.0 Å². The fraction of sp³-hybridized carbons (Fsp3) is 0.455. The number of ether oxygens (including phenoxy) is 1. The minimum atomic E-state index is -3.11. The zero-order valence-corrected chi connectivity index (χ0v) is 9.96. The van der Waals surface area contributed by atoms with E-state index in [1.807, 2.05) is 12.1 Å². The van der Waals surface area contributed by atoms with Crippen LogP contribution in [0.4, 0.5) is 0 Å². The fourth-order valence-corrected chi connectivity index (χ4v) is 2.34. The van der Waals surface area contributed by atoms with Crippen LogP contribution < -0.4 is 5.32 Å². The van der Waals surface area contributed by atoms with E-state index in [0.717, 1.165) is 18.7 Å². The van der Waals surface area contributed by atoms with E-state index in [1.54, 1.807) is 12.1 Å². The summed E-state index contributed by atoms with van der Waals surface area (Å²) in [5.41, 5.74) is 1.01. The second-order valence-electron chi connectivity index (χ2n) is 3.90. The van der Waals surface area contributed by atoms with Gasteiger partial charge in [0.15, 0.2) is 9.84 Å². The molecule has 0 aromatic heterocycles. The lowest BCUT2D eigenvalue weighted by molar-refractivity contribution is 0.0277. The summed E-state index contributed by atoms with van der Waals surface area (Å²) in [6.07, 6.45) is 1.24. The highest BCUT2D eigenvalue weighted by Crippen LogP contribution is 2.20. The summed E-state index contributed by atoms with van der Waals surface area (Å²) in [5.74, 6) is 0. The quantitative estimate of drug-likeness (QED) is 0.830. The van der Waals surface area contributed by atoms with E-state index < -0.39 is 9.84 Å². The van der Waals surface area contributed by atoms with Crippen LogP contribution in [0.15, 0.2) is 29.2 Å². The largest absolute Gasteiger partial charge is 0.371 e. The van der Waals surface area contributed by atoms with Crippen LogP contribution in [0.2, 0.25) is 0 Å². The Bertz CT molecular complexity index is 447. The molecule has 5 heteroatoms. The minimum Gasteiger partial charge on any atom is -0.371 e. The average Bonchev–Trinajstić information content (AvgIpc) is 2.29. The number of hydrogen-bond donors (Lipinski definition) is 1. The molecule has 0 saturated carbocycles. The molecule has 0 amide bonds. The van der Waals surface area contributed by atoms with E-state index >= 15 is 0 Å². The second-order valence-corrected chi connectivity index (χ2v) is 5.92. The number of hydrogen-bond acceptors (Lipinski definition) is 4. The van der Waals surface area contributed by atoms with Gasteiger partial charge in [-0.2, -0.15) is 0 Å². The Morgan fingerprint density at radius 3 is 2.50 bits per heavy atom. The highest BCUT2D eigenvalue weighted by molar-refractivity contribution is 7.90. The molecule has 0 bridgehead atoms. The van der Waals surface area contributed by atoms with Crippen molar-refractivity contribution < 1.29 is 13.2 Å². The van der Waals surface area contributed by atoms with Gasteiger partial charge in [-0.05, 0) is 17.7 Å². The van der Waals surface area contributed by atoms with Crippen LogP contribution in [0, 0.1) is 0 Å². The van der Waals surface area contributed by atoms with E-state index in [2.05, 4.69) is 5.32 Å². The number of benzene rings is 1. The standard InChI is InChI=1S/C11H15NO3S/c1-16(13,14)10-4-2-9(3-5-10)11-8-12-6-7-15-11/h2-5,11-12H,6-8H2,1H3/t11-/m0/s1. The van der Waals surface area contributed by atoms with Crippen LogP contribution in [0.1, 0.15) is 11.7 Å². The van der Waals surface area contributed by atoms with Crippen LogP contribution in [0.5, 0.6) is 0 Å². The maximum atomic E-state index is 11.3. The molecule has 1 aromatic carbocycles. The van der Waals surface area contributed by atoms with Crippen LogP contribution in [0.3, 0.4) is 0 Å². The molecule has 1 aromatic rings. The van der Waals surface area contributed by atoms with Gasteiger partial charge < -0.3 is 10.1 Å². The Kier molecular flexibility index (Phi) is 3.28. The third-order valence-electron chi connectivity index (χ3n) is 2.61. The molecule has 0 radical (unpaired) electrons. The Labute approximate surface area is 95.5 Å². The van der Waals surface area contributed by atoms with E-state index in [9.17, 15) is 8.42 Å². The van der Waals surface area contributed by atoms with Crippen molar-refractivity contribution in [3.8, 4) is 0 Å². The van der Waals surface area contributed by atoms with Gasteiger partial charge in [0.2, 0.25) is 0 Å². The SMILES string of the molecule is CS(=O)(=O)c1ccc([C@@H]2CNCCO2)cc1. The molecule has 1 fully saturated rings. The zero-order chi connectivity index (χ0) is 11.6. The van der Waals surface area contributed by atoms with Crippen molar-refractivity contribution in [3.05, 3.63) is 29.8 Å². The summed E-state index contributed by atoms with van der Waals surface area (Å²) in [7, 11) is -3.11. The number of nitrogens with one attached hydrogen (secondary N) is 1. The lowest BCUT2D eigenvalue weighted by Gasteiger charge is -2.23. The van der Waals surface area contributed by atoms with Crippen LogP contribution >= 0.6 is 0 Å². The van der Waals surface area contributed by atoms with Crippen molar-refractivity contribution in [2.24, 2.45) is 0 Å². The van der Waals surface area contributed by atoms with Gasteiger partial charge in [0.05, 0.1) is 17.6 Å². The smallest absolute Gasteiger partial charge is 0.175 e. The van der Waals surface area contributed by atoms with E-state index in [-0.39, 0.29) is 6.10 Å². The first-order valence-electron chi connectivity index (χ1n) is 5.20. The molecule has 1 aliphatic heterocycles. The first kappa shape index (κ1) is 11.6. The van der Waals surface area contributed by atoms with Crippen molar-refractivity contribution in [3.63, 3.8) is 0 Å². The predicted molar refractivity (Wildman–Crippen MR) is 61.1 cm³/mol. The Morgan fingerprint density at radius 2 is 2.00 bits per heavy atom. The summed E-state index contributed by atoms with van der Waals surface area (Å²) in [5, 5.41) is 3.23. The summed E-state index contributed by atoms with van der Waals surface area (Å²) in [6, 6.07) is 6.88. The van der Waals surface area contributed by atoms with E-state index in [0.29, 0.717) is 11.5 Å². The Balaban J connectivity index is 2.18. The van der Waals surface area contributed by atoms with Gasteiger partial charge in [0.25, 0.3) is 0 Å². The number of sulfone groups is 1. The zero-order valence-electron chi connectivity index (χ0n) is 9.14. The summed E-state index contributed by atoms with van der Waals surface area (Å²) >= 11 is 0. The Hall–Kier alpha value is -0.910. The maximum absolute atomic E-state index is 11.3. The summed E-state index contributed by atoms with van der Waals surface area (Å²) in [6.45, 7) is 2.34. The maximum Gasteiger partial charge on any atom is 0.175 e. The fourth-order valence-electron chi connectivity index (χ4n) is 1.71. The molecule has 0 spiro atoms. The molecule has 1 aliphatic rings. The van der Waals surface area contributed by atoms with Gasteiger partial charge in [-0.25, -0.2) is 8.42 Å². The van der Waals surface area contributed by atoms with Crippen molar-refractivity contribution in [1.29, 1.82) is 0 Å². The lowest BCUT2D eigenvalue weighted by atomic mass is 10.1. The van der Waals surface area contributed by atoms with Crippen LogP contribution in [-0.2, 0) is 14.6 Å². The van der Waals surface area contributed by atoms with Crippen LogP contribution in [-0.4, -0.2) is 34.4 Å². The van der Waals surface area contributed by atoms with E-state index in [4.69, 9.17) is 4.74 Å². The topological polar surface area (TPSA) is 55.4 Å². The summed E-state index contributed by atoms with van der Waals surface area (Å²) < 4.78 is 28.1. The van der Waals surface area contributed by atoms with Gasteiger partial charge in [0.1, 0.15) is 0 Å². The highest BCUT2D eigenvalue weighted by Gasteiger charge is 2.16. The van der Waals surface area contributed by atoms with Crippen molar-refractivity contribution in [2.75, 3.05) is 26.0 Å². The molecule has 16 heavy (non-hydrogen) atoms. The van der Waals surface area contributed by atoms with Gasteiger partial charge in [-0.1, -0.05) is 12.1 Å². The van der Waals surface area contributed by atoms with Gasteiger partial charge in [-0.15, -0.1) is 0 Å². The minimum absolute atomic E-state index is 0.0300. The molecule has 0 aliphatic carbocycles. The molecular formula is C11H15NO3S. The molecule has 2 rings (SSSR count). The molecular weight excluding hydrogens is 226 g/mol. The summed E-state index contributed by atoms with van der Waals surface area (Å²) in [4.78, 5) is 0.347. The lowest BCUT2D eigenvalue weighted by Crippen LogP contribution is -2.33. The molecule has 1 heterocycles. The molecule has 4 nitrogen and oxygen atoms in total. The second kappa shape index (κ2) is 4.53. The normalized spacial score (nSPS) is 21.9. The van der Waals surface area contributed by atoms with Gasteiger partial charge in [-0.3, -0.25) is 0 Å². The van der Waals surface area contributed by atoms with Gasteiger partial charge >= 0.3 is 0 Å². The van der Waals surface area contributed by atoms with Crippen LogP contribution in [0.25, 0.3) is 0 Å². The predicted octanol–water partition coefficient (Wildman–Crippen LogP) is 0.751. The van der Waals surface area contributed by atoms with Gasteiger partial charge in [0, 0.05) is 19.3 Å². The first-order chi connectivity index (χ1) is 7.57. The monoisotopic (exact) mass is 241 g/mol. The van der Waals surface area contributed by atoms with Crippen molar-refractivity contribution >= 4 is 9.84 Å². The number of rotatable bonds is 2. The number of morpholine rings is 1. The molecule has 0 unspecified atom stereocenters. The van der Waals surface area contributed by atoms with E-state index in [1.165, 1.54) is 6.26 Å². The molecule has 1 N–H and O–H groups in total. The van der Waals surface area contributed by atoms with Crippen molar-refractivity contribution in [1.82, 2.24) is 5.32 Å². The average molecular weight is 241 g/mol.